The van der Waals surface area contributed by atoms with Gasteiger partial charge in [-0.25, -0.2) is 14.8 Å². The minimum absolute atomic E-state index is 0.0330. The number of ether oxygens (including phenoxy) is 1. The van der Waals surface area contributed by atoms with Crippen LogP contribution in [-0.4, -0.2) is 22.5 Å². The second-order valence-corrected chi connectivity index (χ2v) is 6.50. The Bertz CT molecular complexity index is 969. The fourth-order valence-electron chi connectivity index (χ4n) is 2.54. The van der Waals surface area contributed by atoms with E-state index in [1.54, 1.807) is 0 Å². The lowest BCUT2D eigenvalue weighted by molar-refractivity contribution is -0.141. The van der Waals surface area contributed by atoms with Gasteiger partial charge in [0, 0.05) is 22.2 Å². The van der Waals surface area contributed by atoms with E-state index < -0.39 is 23.4 Å². The molecule has 0 amide bonds. The maximum Gasteiger partial charge on any atom is 0.434 e. The summed E-state index contributed by atoms with van der Waals surface area (Å²) in [4.78, 5) is 20.2. The van der Waals surface area contributed by atoms with Crippen LogP contribution in [0.1, 0.15) is 28.7 Å². The molecule has 3 rings (SSSR count). The van der Waals surface area contributed by atoms with Crippen molar-refractivity contribution < 1.29 is 22.7 Å². The van der Waals surface area contributed by atoms with Crippen LogP contribution in [0.25, 0.3) is 21.8 Å². The topological polar surface area (TPSA) is 52.1 Å². The summed E-state index contributed by atoms with van der Waals surface area (Å²) in [5.74, 6) is -1.06. The van der Waals surface area contributed by atoms with Gasteiger partial charge in [-0.15, -0.1) is 11.3 Å². The number of aromatic nitrogens is 2. The molecule has 0 atom stereocenters. The van der Waals surface area contributed by atoms with Crippen molar-refractivity contribution in [2.24, 2.45) is 0 Å². The summed E-state index contributed by atoms with van der Waals surface area (Å²) in [6.07, 6.45) is -4.76. The van der Waals surface area contributed by atoms with Crippen molar-refractivity contribution in [2.45, 2.75) is 20.0 Å². The Morgan fingerprint density at radius 2 is 1.89 bits per heavy atom. The summed E-state index contributed by atoms with van der Waals surface area (Å²) in [6.45, 7) is 2.96. The Hall–Kier alpha value is -2.74. The first kappa shape index (κ1) is 19.0. The van der Waals surface area contributed by atoms with Crippen LogP contribution in [0.3, 0.4) is 0 Å². The van der Waals surface area contributed by atoms with Crippen molar-refractivity contribution in [1.29, 1.82) is 0 Å². The molecule has 1 aromatic carbocycles. The predicted octanol–water partition coefficient (Wildman–Crippen LogP) is 5.38. The van der Waals surface area contributed by atoms with E-state index in [2.05, 4.69) is 9.97 Å². The van der Waals surface area contributed by atoms with E-state index in [9.17, 15) is 18.0 Å². The maximum absolute atomic E-state index is 13.3. The van der Waals surface area contributed by atoms with Gasteiger partial charge in [0.1, 0.15) is 5.01 Å². The summed E-state index contributed by atoms with van der Waals surface area (Å²) in [5.41, 5.74) is 0.252. The minimum atomic E-state index is -4.76. The quantitative estimate of drug-likeness (QED) is 0.560. The van der Waals surface area contributed by atoms with Crippen LogP contribution in [0.4, 0.5) is 13.2 Å². The van der Waals surface area contributed by atoms with Gasteiger partial charge in [-0.3, -0.25) is 0 Å². The number of alkyl halides is 3. The molecule has 3 aromatic rings. The molecule has 0 unspecified atom stereocenters. The van der Waals surface area contributed by atoms with E-state index in [0.29, 0.717) is 16.3 Å². The van der Waals surface area contributed by atoms with Gasteiger partial charge in [-0.05, 0) is 19.9 Å². The van der Waals surface area contributed by atoms with Gasteiger partial charge in [0.05, 0.1) is 17.9 Å². The third kappa shape index (κ3) is 4.00. The molecule has 8 heteroatoms. The predicted molar refractivity (Wildman–Crippen MR) is 96.5 cm³/mol. The first-order valence-corrected chi connectivity index (χ1v) is 8.96. The number of carbonyl (C=O) groups excluding carboxylic acids is 1. The van der Waals surface area contributed by atoms with Crippen molar-refractivity contribution in [3.8, 4) is 21.8 Å². The van der Waals surface area contributed by atoms with E-state index in [-0.39, 0.29) is 12.3 Å². The average molecular weight is 392 g/mol. The molecule has 0 N–H and O–H groups in total. The minimum Gasteiger partial charge on any atom is -0.462 e. The molecule has 0 aliphatic carbocycles. The number of carbonyl (C=O) groups is 1. The monoisotopic (exact) mass is 392 g/mol. The molecule has 27 heavy (non-hydrogen) atoms. The zero-order valence-corrected chi connectivity index (χ0v) is 15.3. The second-order valence-electron chi connectivity index (χ2n) is 5.64. The van der Waals surface area contributed by atoms with Gasteiger partial charge in [0.25, 0.3) is 0 Å². The molecule has 0 radical (unpaired) electrons. The summed E-state index contributed by atoms with van der Waals surface area (Å²) >= 11 is 1.27. The van der Waals surface area contributed by atoms with E-state index >= 15 is 0 Å². The highest BCUT2D eigenvalue weighted by Crippen LogP contribution is 2.36. The smallest absolute Gasteiger partial charge is 0.434 e. The summed E-state index contributed by atoms with van der Waals surface area (Å²) < 4.78 is 44.7. The van der Waals surface area contributed by atoms with Crippen LogP contribution in [0.15, 0.2) is 41.8 Å². The fraction of sp³-hybridized carbons (Fsp3) is 0.211. The van der Waals surface area contributed by atoms with Gasteiger partial charge in [-0.2, -0.15) is 13.2 Å². The number of benzene rings is 1. The molecule has 0 aliphatic rings. The number of hydrogen-bond acceptors (Lipinski definition) is 5. The Labute approximate surface area is 157 Å². The standard InChI is InChI=1S/C19H15F3N2O2S/c1-3-26-18(25)14-9-13(11(2)23-16(14)19(20,21)22)17-24-15(10-27-17)12-7-5-4-6-8-12/h4-10H,3H2,1-2H3. The number of aryl methyl sites for hydroxylation is 1. The molecule has 0 spiro atoms. The van der Waals surface area contributed by atoms with Gasteiger partial charge in [0.15, 0.2) is 5.69 Å². The Kier molecular flexibility index (Phi) is 5.27. The summed E-state index contributed by atoms with van der Waals surface area (Å²) in [5, 5.41) is 2.30. The molecule has 0 aliphatic heterocycles. The fourth-order valence-corrected chi connectivity index (χ4v) is 3.44. The number of nitrogens with zero attached hydrogens (tertiary/aromatic N) is 2. The first-order valence-electron chi connectivity index (χ1n) is 8.08. The molecular weight excluding hydrogens is 377 g/mol. The maximum atomic E-state index is 13.3. The number of rotatable bonds is 4. The molecule has 0 saturated carbocycles. The third-order valence-corrected chi connectivity index (χ3v) is 4.66. The highest BCUT2D eigenvalue weighted by Gasteiger charge is 2.38. The van der Waals surface area contributed by atoms with Crippen molar-refractivity contribution in [3.05, 3.63) is 58.7 Å². The SMILES string of the molecule is CCOC(=O)c1cc(-c2nc(-c3ccccc3)cs2)c(C)nc1C(F)(F)F. The average Bonchev–Trinajstić information content (AvgIpc) is 3.11. The molecule has 0 fully saturated rings. The van der Waals surface area contributed by atoms with Crippen LogP contribution in [0.2, 0.25) is 0 Å². The highest BCUT2D eigenvalue weighted by molar-refractivity contribution is 7.13. The van der Waals surface area contributed by atoms with Crippen molar-refractivity contribution in [2.75, 3.05) is 6.61 Å². The second kappa shape index (κ2) is 7.48. The Morgan fingerprint density at radius 3 is 2.52 bits per heavy atom. The summed E-state index contributed by atoms with van der Waals surface area (Å²) in [6, 6.07) is 10.6. The highest BCUT2D eigenvalue weighted by atomic mass is 32.1. The molecule has 4 nitrogen and oxygen atoms in total. The lowest BCUT2D eigenvalue weighted by atomic mass is 10.1. The van der Waals surface area contributed by atoms with Crippen LogP contribution >= 0.6 is 11.3 Å². The molecule has 0 bridgehead atoms. The molecule has 2 heterocycles. The number of thiazole rings is 1. The van der Waals surface area contributed by atoms with Crippen LogP contribution in [0.5, 0.6) is 0 Å². The largest absolute Gasteiger partial charge is 0.462 e. The zero-order chi connectivity index (χ0) is 19.6. The van der Waals surface area contributed by atoms with E-state index in [1.807, 2.05) is 35.7 Å². The number of esters is 1. The molecule has 140 valence electrons. The van der Waals surface area contributed by atoms with Crippen LogP contribution < -0.4 is 0 Å². The lowest BCUT2D eigenvalue weighted by Gasteiger charge is -2.14. The normalized spacial score (nSPS) is 11.4. The Morgan fingerprint density at radius 1 is 1.19 bits per heavy atom. The number of halogens is 3. The number of pyridine rings is 1. The zero-order valence-electron chi connectivity index (χ0n) is 14.5. The lowest BCUT2D eigenvalue weighted by Crippen LogP contribution is -2.18. The van der Waals surface area contributed by atoms with Crippen LogP contribution in [-0.2, 0) is 10.9 Å². The van der Waals surface area contributed by atoms with E-state index in [0.717, 1.165) is 11.6 Å². The van der Waals surface area contributed by atoms with Crippen molar-refractivity contribution >= 4 is 17.3 Å². The van der Waals surface area contributed by atoms with E-state index in [4.69, 9.17) is 4.74 Å². The van der Waals surface area contributed by atoms with Gasteiger partial charge >= 0.3 is 12.1 Å². The first-order chi connectivity index (χ1) is 12.8. The molecule has 2 aromatic heterocycles. The van der Waals surface area contributed by atoms with Gasteiger partial charge in [0.2, 0.25) is 0 Å². The van der Waals surface area contributed by atoms with Gasteiger partial charge in [-0.1, -0.05) is 30.3 Å². The van der Waals surface area contributed by atoms with Crippen molar-refractivity contribution in [1.82, 2.24) is 9.97 Å². The van der Waals surface area contributed by atoms with Gasteiger partial charge < -0.3 is 4.74 Å². The molecular formula is C19H15F3N2O2S. The summed E-state index contributed by atoms with van der Waals surface area (Å²) in [7, 11) is 0. The van der Waals surface area contributed by atoms with Crippen molar-refractivity contribution in [3.63, 3.8) is 0 Å². The Balaban J connectivity index is 2.10. The third-order valence-electron chi connectivity index (χ3n) is 3.78. The van der Waals surface area contributed by atoms with Crippen LogP contribution in [0, 0.1) is 6.92 Å². The molecule has 0 saturated heterocycles. The van der Waals surface area contributed by atoms with E-state index in [1.165, 1.54) is 25.2 Å². The number of hydrogen-bond donors (Lipinski definition) is 0.